The molecule has 1 unspecified atom stereocenters. The van der Waals surface area contributed by atoms with Gasteiger partial charge in [0, 0.05) is 12.7 Å². The van der Waals surface area contributed by atoms with Crippen LogP contribution in [0.2, 0.25) is 0 Å². The van der Waals surface area contributed by atoms with Crippen molar-refractivity contribution in [1.29, 1.82) is 0 Å². The van der Waals surface area contributed by atoms with Crippen LogP contribution < -0.4 is 5.32 Å². The summed E-state index contributed by atoms with van der Waals surface area (Å²) in [6.07, 6.45) is 0.192. The van der Waals surface area contributed by atoms with Crippen LogP contribution in [0.25, 0.3) is 0 Å². The molecule has 0 saturated heterocycles. The zero-order valence-electron chi connectivity index (χ0n) is 11.4. The van der Waals surface area contributed by atoms with Gasteiger partial charge in [-0.1, -0.05) is 30.3 Å². The SMILES string of the molecule is CCOP(=O)(Cl)CCCNC(=O)OCc1ccccc1. The lowest BCUT2D eigenvalue weighted by Gasteiger charge is -2.10. The Morgan fingerprint density at radius 2 is 2.05 bits per heavy atom. The van der Waals surface area contributed by atoms with Gasteiger partial charge in [-0.25, -0.2) is 4.79 Å². The third-order valence-electron chi connectivity index (χ3n) is 2.41. The number of amides is 1. The molecule has 0 bridgehead atoms. The summed E-state index contributed by atoms with van der Waals surface area (Å²) in [6, 6.07) is 9.40. The van der Waals surface area contributed by atoms with Crippen molar-refractivity contribution in [2.75, 3.05) is 19.3 Å². The Morgan fingerprint density at radius 1 is 1.35 bits per heavy atom. The van der Waals surface area contributed by atoms with Gasteiger partial charge in [0.15, 0.2) is 0 Å². The van der Waals surface area contributed by atoms with Crippen LogP contribution in [-0.2, 0) is 20.4 Å². The molecule has 0 radical (unpaired) electrons. The summed E-state index contributed by atoms with van der Waals surface area (Å²) < 4.78 is 21.5. The van der Waals surface area contributed by atoms with E-state index in [0.717, 1.165) is 5.56 Å². The van der Waals surface area contributed by atoms with Crippen LogP contribution in [-0.4, -0.2) is 25.4 Å². The van der Waals surface area contributed by atoms with Crippen LogP contribution >= 0.6 is 18.0 Å². The van der Waals surface area contributed by atoms with E-state index in [2.05, 4.69) is 5.32 Å². The molecule has 0 fully saturated rings. The molecule has 0 aromatic heterocycles. The molecule has 1 aromatic carbocycles. The minimum Gasteiger partial charge on any atom is -0.445 e. The van der Waals surface area contributed by atoms with Gasteiger partial charge < -0.3 is 14.6 Å². The highest BCUT2D eigenvalue weighted by molar-refractivity contribution is 7.85. The first-order valence-corrected chi connectivity index (χ1v) is 9.13. The number of rotatable bonds is 8. The van der Waals surface area contributed by atoms with Crippen molar-refractivity contribution in [3.8, 4) is 0 Å². The third-order valence-corrected chi connectivity index (χ3v) is 4.70. The highest BCUT2D eigenvalue weighted by Gasteiger charge is 2.17. The molecular weight excluding hydrogens is 301 g/mol. The minimum atomic E-state index is -3.04. The second-order valence-electron chi connectivity index (χ2n) is 4.07. The fourth-order valence-electron chi connectivity index (χ4n) is 1.49. The number of benzene rings is 1. The van der Waals surface area contributed by atoms with Crippen molar-refractivity contribution < 1.29 is 18.6 Å². The Morgan fingerprint density at radius 3 is 2.70 bits per heavy atom. The van der Waals surface area contributed by atoms with Gasteiger partial charge in [-0.05, 0) is 30.1 Å². The minimum absolute atomic E-state index is 0.222. The summed E-state index contributed by atoms with van der Waals surface area (Å²) in [5.74, 6) is 0. The standard InChI is InChI=1S/C13H19ClNO4P/c1-2-19-20(14,17)10-6-9-15-13(16)18-11-12-7-4-3-5-8-12/h3-5,7-8H,2,6,9-11H2,1H3,(H,15,16). The molecule has 7 heteroatoms. The number of halogens is 1. The van der Waals surface area contributed by atoms with E-state index >= 15 is 0 Å². The maximum Gasteiger partial charge on any atom is 0.407 e. The number of carbonyl (C=O) groups is 1. The molecule has 20 heavy (non-hydrogen) atoms. The number of hydrogen-bond donors (Lipinski definition) is 1. The molecule has 112 valence electrons. The Balaban J connectivity index is 2.13. The van der Waals surface area contributed by atoms with E-state index in [-0.39, 0.29) is 12.8 Å². The molecule has 0 saturated carbocycles. The summed E-state index contributed by atoms with van der Waals surface area (Å²) in [6.45, 7) is -0.426. The van der Waals surface area contributed by atoms with Crippen LogP contribution in [0, 0.1) is 0 Å². The van der Waals surface area contributed by atoms with Gasteiger partial charge >= 0.3 is 6.09 Å². The number of carbonyl (C=O) groups excluding carboxylic acids is 1. The normalized spacial score (nSPS) is 13.5. The lowest BCUT2D eigenvalue weighted by Crippen LogP contribution is -2.25. The first-order chi connectivity index (χ1) is 9.53. The Kier molecular flexibility index (Phi) is 7.67. The highest BCUT2D eigenvalue weighted by atomic mass is 35.7. The molecule has 0 heterocycles. The van der Waals surface area contributed by atoms with Crippen molar-refractivity contribution in [1.82, 2.24) is 5.32 Å². The topological polar surface area (TPSA) is 64.6 Å². The molecular formula is C13H19ClNO4P. The summed E-state index contributed by atoms with van der Waals surface area (Å²) >= 11 is 5.68. The number of nitrogens with one attached hydrogen (secondary N) is 1. The molecule has 0 aliphatic rings. The van der Waals surface area contributed by atoms with E-state index in [9.17, 15) is 9.36 Å². The first kappa shape index (κ1) is 17.0. The van der Waals surface area contributed by atoms with E-state index in [0.29, 0.717) is 19.6 Å². The number of ether oxygens (including phenoxy) is 1. The zero-order valence-corrected chi connectivity index (χ0v) is 13.0. The molecule has 0 spiro atoms. The second kappa shape index (κ2) is 9.01. The Bertz CT molecular complexity index is 455. The maximum atomic E-state index is 11.6. The van der Waals surface area contributed by atoms with Crippen LogP contribution in [0.5, 0.6) is 0 Å². The molecule has 5 nitrogen and oxygen atoms in total. The van der Waals surface area contributed by atoms with Crippen molar-refractivity contribution in [3.63, 3.8) is 0 Å². The van der Waals surface area contributed by atoms with Gasteiger partial charge in [-0.2, -0.15) is 0 Å². The van der Waals surface area contributed by atoms with Gasteiger partial charge in [0.05, 0.1) is 6.61 Å². The van der Waals surface area contributed by atoms with Gasteiger partial charge in [0.2, 0.25) is 0 Å². The predicted octanol–water partition coefficient (Wildman–Crippen LogP) is 3.77. The lowest BCUT2D eigenvalue weighted by atomic mass is 10.2. The fraction of sp³-hybridized carbons (Fsp3) is 0.462. The summed E-state index contributed by atoms with van der Waals surface area (Å²) in [5, 5.41) is 2.57. The van der Waals surface area contributed by atoms with Crippen LogP contribution in [0.4, 0.5) is 4.79 Å². The van der Waals surface area contributed by atoms with Crippen molar-refractivity contribution in [2.24, 2.45) is 0 Å². The monoisotopic (exact) mass is 319 g/mol. The molecule has 1 amide bonds. The predicted molar refractivity (Wildman–Crippen MR) is 79.2 cm³/mol. The molecule has 1 atom stereocenters. The zero-order chi connectivity index (χ0) is 14.8. The van der Waals surface area contributed by atoms with Gasteiger partial charge in [-0.15, -0.1) is 0 Å². The number of alkyl carbamates (subject to hydrolysis) is 1. The molecule has 0 aliphatic carbocycles. The van der Waals surface area contributed by atoms with E-state index in [1.54, 1.807) is 6.92 Å². The first-order valence-electron chi connectivity index (χ1n) is 6.41. The Hall–Kier alpha value is -1.03. The summed E-state index contributed by atoms with van der Waals surface area (Å²) in [7, 11) is 0. The maximum absolute atomic E-state index is 11.6. The quantitative estimate of drug-likeness (QED) is 0.585. The smallest absolute Gasteiger partial charge is 0.407 e. The van der Waals surface area contributed by atoms with E-state index < -0.39 is 12.8 Å². The van der Waals surface area contributed by atoms with E-state index in [1.807, 2.05) is 30.3 Å². The second-order valence-corrected chi connectivity index (χ2v) is 7.50. The average Bonchev–Trinajstić information content (AvgIpc) is 2.42. The van der Waals surface area contributed by atoms with Crippen molar-refractivity contribution in [2.45, 2.75) is 20.0 Å². The van der Waals surface area contributed by atoms with Gasteiger partial charge in [0.1, 0.15) is 6.61 Å². The van der Waals surface area contributed by atoms with E-state index in [4.69, 9.17) is 20.5 Å². The van der Waals surface area contributed by atoms with Crippen molar-refractivity contribution >= 4 is 24.1 Å². The molecule has 1 rings (SSSR count). The van der Waals surface area contributed by atoms with Crippen LogP contribution in [0.15, 0.2) is 30.3 Å². The van der Waals surface area contributed by atoms with Crippen LogP contribution in [0.1, 0.15) is 18.9 Å². The van der Waals surface area contributed by atoms with Crippen molar-refractivity contribution in [3.05, 3.63) is 35.9 Å². The van der Waals surface area contributed by atoms with Gasteiger partial charge in [-0.3, -0.25) is 4.57 Å². The number of hydrogen-bond acceptors (Lipinski definition) is 4. The summed E-state index contributed by atoms with van der Waals surface area (Å²) in [5.41, 5.74) is 0.921. The highest BCUT2D eigenvalue weighted by Crippen LogP contribution is 2.52. The fourth-order valence-corrected chi connectivity index (χ4v) is 3.19. The largest absolute Gasteiger partial charge is 0.445 e. The molecule has 0 aliphatic heterocycles. The Labute approximate surface area is 123 Å². The van der Waals surface area contributed by atoms with E-state index in [1.165, 1.54) is 0 Å². The summed E-state index contributed by atoms with van der Waals surface area (Å²) in [4.78, 5) is 11.4. The average molecular weight is 320 g/mol. The van der Waals surface area contributed by atoms with Gasteiger partial charge in [0.25, 0.3) is 6.72 Å². The molecule has 1 aromatic rings. The molecule has 1 N–H and O–H groups in total. The third kappa shape index (κ3) is 7.53. The van der Waals surface area contributed by atoms with Crippen LogP contribution in [0.3, 0.4) is 0 Å². The lowest BCUT2D eigenvalue weighted by molar-refractivity contribution is 0.139.